The molecule has 1 fully saturated rings. The van der Waals surface area contributed by atoms with E-state index in [4.69, 9.17) is 24.0 Å². The number of amides is 1. The zero-order valence-electron chi connectivity index (χ0n) is 34.9. The molecule has 5 bridgehead atoms. The number of esters is 1. The van der Waals surface area contributed by atoms with Gasteiger partial charge in [-0.2, -0.15) is 5.10 Å². The van der Waals surface area contributed by atoms with Gasteiger partial charge < -0.3 is 44.7 Å². The Bertz CT molecular complexity index is 2000. The number of anilines is 1. The number of aromatic hydroxyl groups is 2. The molecule has 58 heavy (non-hydrogen) atoms. The number of hydrogen-bond acceptors (Lipinski definition) is 13. The van der Waals surface area contributed by atoms with Crippen molar-refractivity contribution in [3.8, 4) is 17.2 Å². The van der Waals surface area contributed by atoms with Gasteiger partial charge >= 0.3 is 11.8 Å². The highest BCUT2D eigenvalue weighted by atomic mass is 16.7. The standard InChI is InChI=1S/C44H59N3O11/c1-23-15-14-16-24(2)43(54)46-35-30(22-45-47-18-12-10-11-13-19-47)21-31-33(39(35)52)38(51)28(6)41-34(31)42(53)44(8,58-41)56-20-17-32(55-9)25(3)40(57-29(7)48)27(5)37(50)26(4)36(23)49/h14-17,20-23,25-27,32,36-37,40,49-52H,10-13,18-19H2,1-9H3,(H,46,54)/b15-14+,20-17+,24-16-,45-22+. The van der Waals surface area contributed by atoms with Crippen LogP contribution >= 0.6 is 0 Å². The highest BCUT2D eigenvalue weighted by Gasteiger charge is 2.49. The van der Waals surface area contributed by atoms with Crippen LogP contribution in [0, 0.1) is 30.6 Å². The molecule has 14 heteroatoms. The number of nitrogens with zero attached hydrogens (tertiary/aromatic N) is 2. The van der Waals surface area contributed by atoms with Crippen molar-refractivity contribution in [3.05, 3.63) is 58.9 Å². The first-order chi connectivity index (χ1) is 27.4. The number of Topliss-reactive ketones (excluding diaryl/α,β-unsaturated/α-hetero) is 1. The van der Waals surface area contributed by atoms with E-state index in [-0.39, 0.29) is 50.2 Å². The minimum atomic E-state index is -1.92. The van der Waals surface area contributed by atoms with Crippen LogP contribution < -0.4 is 10.1 Å². The second-order valence-corrected chi connectivity index (χ2v) is 16.1. The number of aliphatic hydroxyl groups is 2. The molecule has 14 nitrogen and oxygen atoms in total. The molecule has 9 unspecified atom stereocenters. The van der Waals surface area contributed by atoms with Gasteiger partial charge in [0.05, 0.1) is 47.4 Å². The average Bonchev–Trinajstić information content (AvgIpc) is 3.31. The quantitative estimate of drug-likeness (QED) is 0.132. The van der Waals surface area contributed by atoms with Crippen LogP contribution in [0.4, 0.5) is 5.69 Å². The predicted molar refractivity (Wildman–Crippen MR) is 220 cm³/mol. The number of rotatable bonds is 4. The molecule has 0 saturated carbocycles. The van der Waals surface area contributed by atoms with Gasteiger partial charge in [0.1, 0.15) is 17.6 Å². The number of fused-ring (bicyclic) bond motifs is 14. The number of hydrogen-bond donors (Lipinski definition) is 5. The zero-order valence-corrected chi connectivity index (χ0v) is 34.9. The van der Waals surface area contributed by atoms with Crippen LogP contribution in [-0.2, 0) is 23.8 Å². The Morgan fingerprint density at radius 1 is 0.983 bits per heavy atom. The van der Waals surface area contributed by atoms with E-state index in [1.54, 1.807) is 71.9 Å². The topological polar surface area (TPSA) is 197 Å². The molecule has 316 valence electrons. The van der Waals surface area contributed by atoms with Crippen LogP contribution in [0.15, 0.2) is 47.3 Å². The van der Waals surface area contributed by atoms with Crippen molar-refractivity contribution >= 4 is 40.3 Å². The lowest BCUT2D eigenvalue weighted by Gasteiger charge is -2.38. The number of methoxy groups -OCH3 is 1. The molecule has 6 rings (SSSR count). The Hall–Kier alpha value is -4.92. The van der Waals surface area contributed by atoms with Crippen LogP contribution in [0.3, 0.4) is 0 Å². The SMILES string of the molecule is COC1/C=C/OC2(C)Oc3c(C)c(O)c4c(O)c(c(/C=N/N5CCCCCC5)cc4c3C2=O)NC(=O)/C(C)=C\C=C\C(C)C(O)C(C)C(O)C(C)C(OC(C)=O)C1C. The fraction of sp³-hybridized carbons (Fsp3) is 0.545. The number of phenolic OH excluding ortho intramolecular Hbond substituents is 2. The molecule has 0 aliphatic carbocycles. The summed E-state index contributed by atoms with van der Waals surface area (Å²) in [6.45, 7) is 14.3. The Morgan fingerprint density at radius 3 is 2.29 bits per heavy atom. The maximum Gasteiger partial charge on any atom is 0.312 e. The van der Waals surface area contributed by atoms with E-state index in [1.165, 1.54) is 33.4 Å². The minimum Gasteiger partial charge on any atom is -0.507 e. The molecule has 4 aliphatic rings. The number of carbonyl (C=O) groups excluding carboxylic acids is 3. The van der Waals surface area contributed by atoms with Crippen LogP contribution in [0.1, 0.15) is 95.6 Å². The number of nitrogens with one attached hydrogen (secondary N) is 1. The van der Waals surface area contributed by atoms with Gasteiger partial charge in [0.25, 0.3) is 11.7 Å². The van der Waals surface area contributed by atoms with Crippen LogP contribution in [0.2, 0.25) is 0 Å². The van der Waals surface area contributed by atoms with E-state index >= 15 is 0 Å². The molecule has 9 atom stereocenters. The summed E-state index contributed by atoms with van der Waals surface area (Å²) < 4.78 is 23.7. The summed E-state index contributed by atoms with van der Waals surface area (Å²) in [5.74, 6) is -6.73. The van der Waals surface area contributed by atoms with Crippen LogP contribution in [0.25, 0.3) is 10.8 Å². The Kier molecular flexibility index (Phi) is 14.0. The number of carbonyl (C=O) groups is 3. The lowest BCUT2D eigenvalue weighted by molar-refractivity contribution is -0.160. The monoisotopic (exact) mass is 805 g/mol. The molecule has 1 saturated heterocycles. The number of allylic oxidation sites excluding steroid dienone is 2. The second kappa shape index (κ2) is 18.3. The van der Waals surface area contributed by atoms with E-state index in [0.29, 0.717) is 0 Å². The summed E-state index contributed by atoms with van der Waals surface area (Å²) >= 11 is 0. The number of benzene rings is 2. The molecule has 0 radical (unpaired) electrons. The van der Waals surface area contributed by atoms with Gasteiger partial charge in [-0.05, 0) is 38.8 Å². The molecule has 4 heterocycles. The summed E-state index contributed by atoms with van der Waals surface area (Å²) in [6.07, 6.45) is 9.61. The fourth-order valence-corrected chi connectivity index (χ4v) is 8.09. The number of phenols is 2. The van der Waals surface area contributed by atoms with Gasteiger partial charge in [-0.25, -0.2) is 0 Å². The van der Waals surface area contributed by atoms with Crippen molar-refractivity contribution in [2.45, 2.75) is 111 Å². The number of ketones is 1. The molecular formula is C44H59N3O11. The van der Waals surface area contributed by atoms with Crippen molar-refractivity contribution in [2.75, 3.05) is 25.5 Å². The molecule has 1 amide bonds. The molecule has 0 aromatic heterocycles. The first kappa shape index (κ1) is 44.2. The average molecular weight is 806 g/mol. The highest BCUT2D eigenvalue weighted by molar-refractivity contribution is 6.21. The van der Waals surface area contributed by atoms with E-state index < -0.39 is 77.3 Å². The van der Waals surface area contributed by atoms with E-state index in [9.17, 15) is 34.8 Å². The third-order valence-corrected chi connectivity index (χ3v) is 11.8. The first-order valence-electron chi connectivity index (χ1n) is 20.1. The van der Waals surface area contributed by atoms with Crippen molar-refractivity contribution < 1.29 is 53.8 Å². The van der Waals surface area contributed by atoms with E-state index in [0.717, 1.165) is 38.8 Å². The van der Waals surface area contributed by atoms with Crippen molar-refractivity contribution in [3.63, 3.8) is 0 Å². The number of hydrazone groups is 1. The fourth-order valence-electron chi connectivity index (χ4n) is 8.09. The normalized spacial score (nSPS) is 32.3. The largest absolute Gasteiger partial charge is 0.507 e. The van der Waals surface area contributed by atoms with Crippen molar-refractivity contribution in [2.24, 2.45) is 28.8 Å². The zero-order chi connectivity index (χ0) is 42.6. The second-order valence-electron chi connectivity index (χ2n) is 16.1. The lowest BCUT2D eigenvalue weighted by atomic mass is 9.78. The van der Waals surface area contributed by atoms with Crippen LogP contribution in [-0.4, -0.2) is 99.7 Å². The van der Waals surface area contributed by atoms with Gasteiger partial charge in [0.15, 0.2) is 5.75 Å². The van der Waals surface area contributed by atoms with Gasteiger partial charge in [-0.15, -0.1) is 0 Å². The Morgan fingerprint density at radius 2 is 1.66 bits per heavy atom. The predicted octanol–water partition coefficient (Wildman–Crippen LogP) is 6.26. The summed E-state index contributed by atoms with van der Waals surface area (Å²) in [7, 11) is 1.47. The smallest absolute Gasteiger partial charge is 0.312 e. The maximum atomic E-state index is 14.4. The van der Waals surface area contributed by atoms with E-state index in [1.807, 2.05) is 5.01 Å². The first-order valence-corrected chi connectivity index (χ1v) is 20.1. The summed E-state index contributed by atoms with van der Waals surface area (Å²) in [6, 6.07) is 1.59. The Labute approximate surface area is 340 Å². The van der Waals surface area contributed by atoms with Crippen molar-refractivity contribution in [1.29, 1.82) is 0 Å². The molecule has 2 aromatic rings. The number of ether oxygens (including phenoxy) is 4. The van der Waals surface area contributed by atoms with Gasteiger partial charge in [-0.1, -0.05) is 58.8 Å². The minimum absolute atomic E-state index is 0.0160. The summed E-state index contributed by atoms with van der Waals surface area (Å²) in [5, 5.41) is 55.9. The molecule has 5 N–H and O–H groups in total. The van der Waals surface area contributed by atoms with Gasteiger partial charge in [0, 0.05) is 79.8 Å². The lowest BCUT2D eigenvalue weighted by Crippen LogP contribution is -2.46. The van der Waals surface area contributed by atoms with Crippen LogP contribution in [0.5, 0.6) is 17.2 Å². The van der Waals surface area contributed by atoms with Crippen molar-refractivity contribution in [1.82, 2.24) is 5.01 Å². The molecule has 0 spiro atoms. The highest BCUT2D eigenvalue weighted by Crippen LogP contribution is 2.51. The molecular weight excluding hydrogens is 746 g/mol. The Balaban J connectivity index is 1.68. The summed E-state index contributed by atoms with van der Waals surface area (Å²) in [4.78, 5) is 40.4. The summed E-state index contributed by atoms with van der Waals surface area (Å²) in [5.41, 5.74) is 0.759. The molecule has 4 aliphatic heterocycles. The molecule has 2 aromatic carbocycles. The third kappa shape index (κ3) is 9.03. The maximum absolute atomic E-state index is 14.4. The van der Waals surface area contributed by atoms with E-state index in [2.05, 4.69) is 5.32 Å². The van der Waals surface area contributed by atoms with Gasteiger partial charge in [-0.3, -0.25) is 19.4 Å². The van der Waals surface area contributed by atoms with Gasteiger partial charge in [0.2, 0.25) is 0 Å². The number of aliphatic hydroxyl groups excluding tert-OH is 2. The third-order valence-electron chi connectivity index (χ3n) is 11.8.